The van der Waals surface area contributed by atoms with E-state index in [9.17, 15) is 9.50 Å². The van der Waals surface area contributed by atoms with E-state index in [2.05, 4.69) is 20.7 Å². The monoisotopic (exact) mass is 553 g/mol. The molecule has 3 rings (SSSR count). The number of nitrogens with one attached hydrogen (secondary N) is 2. The van der Waals surface area contributed by atoms with Crippen molar-refractivity contribution in [3.63, 3.8) is 0 Å². The van der Waals surface area contributed by atoms with E-state index in [1.54, 1.807) is 55.3 Å². The maximum absolute atomic E-state index is 14.0. The second-order valence-electron chi connectivity index (χ2n) is 7.37. The van der Waals surface area contributed by atoms with Crippen LogP contribution in [-0.2, 0) is 19.2 Å². The number of aromatic nitrogens is 2. The number of hydrogen-bond acceptors (Lipinski definition) is 4. The first-order valence-electron chi connectivity index (χ1n) is 10.1. The van der Waals surface area contributed by atoms with Gasteiger partial charge in [0.2, 0.25) is 0 Å². The predicted molar refractivity (Wildman–Crippen MR) is 134 cm³/mol. The molecule has 3 aromatic rings. The molecule has 172 valence electrons. The molecular formula is C23H29FIN5O2. The molecule has 0 fully saturated rings. The van der Waals surface area contributed by atoms with E-state index in [-0.39, 0.29) is 36.3 Å². The summed E-state index contributed by atoms with van der Waals surface area (Å²) in [5.74, 6) is 0.826. The number of aliphatic hydroxyl groups is 1. The van der Waals surface area contributed by atoms with E-state index in [0.717, 1.165) is 5.56 Å². The van der Waals surface area contributed by atoms with Crippen molar-refractivity contribution < 1.29 is 14.2 Å². The van der Waals surface area contributed by atoms with Gasteiger partial charge in [0.15, 0.2) is 17.5 Å². The third-order valence-corrected chi connectivity index (χ3v) is 4.71. The van der Waals surface area contributed by atoms with Gasteiger partial charge in [-0.05, 0) is 32.0 Å². The zero-order valence-corrected chi connectivity index (χ0v) is 20.7. The average Bonchev–Trinajstić information content (AvgIpc) is 3.20. The minimum Gasteiger partial charge on any atom is -0.454 e. The lowest BCUT2D eigenvalue weighted by atomic mass is 10.00. The number of aliphatic imine (C=N–C) groups is 1. The Bertz CT molecular complexity index is 1040. The van der Waals surface area contributed by atoms with Crippen LogP contribution >= 0.6 is 24.0 Å². The average molecular weight is 553 g/mol. The summed E-state index contributed by atoms with van der Waals surface area (Å²) >= 11 is 0. The van der Waals surface area contributed by atoms with Crippen molar-refractivity contribution in [1.29, 1.82) is 0 Å². The minimum absolute atomic E-state index is 0. The first kappa shape index (κ1) is 25.6. The molecule has 0 saturated carbocycles. The number of benzene rings is 2. The molecule has 0 saturated heterocycles. The zero-order chi connectivity index (χ0) is 22.3. The fourth-order valence-corrected chi connectivity index (χ4v) is 2.94. The molecule has 0 aliphatic heterocycles. The van der Waals surface area contributed by atoms with Crippen LogP contribution in [0.2, 0.25) is 0 Å². The smallest absolute Gasteiger partial charge is 0.191 e. The predicted octanol–water partition coefficient (Wildman–Crippen LogP) is 3.93. The number of para-hydroxylation sites is 2. The Morgan fingerprint density at radius 1 is 1.16 bits per heavy atom. The normalized spacial score (nSPS) is 13.1. The van der Waals surface area contributed by atoms with Gasteiger partial charge in [-0.25, -0.2) is 9.38 Å². The number of ether oxygens (including phenoxy) is 1. The molecule has 0 amide bonds. The van der Waals surface area contributed by atoms with Gasteiger partial charge in [-0.3, -0.25) is 4.68 Å². The van der Waals surface area contributed by atoms with Gasteiger partial charge >= 0.3 is 0 Å². The lowest BCUT2D eigenvalue weighted by Crippen LogP contribution is -2.44. The Morgan fingerprint density at radius 2 is 1.84 bits per heavy atom. The van der Waals surface area contributed by atoms with Gasteiger partial charge in [0.05, 0.1) is 19.3 Å². The van der Waals surface area contributed by atoms with Crippen molar-refractivity contribution in [2.75, 3.05) is 13.1 Å². The molecule has 0 radical (unpaired) electrons. The number of guanidine groups is 1. The maximum Gasteiger partial charge on any atom is 0.191 e. The van der Waals surface area contributed by atoms with Crippen LogP contribution in [0.25, 0.3) is 0 Å². The largest absolute Gasteiger partial charge is 0.454 e. The summed E-state index contributed by atoms with van der Waals surface area (Å²) < 4.78 is 21.4. The Kier molecular flexibility index (Phi) is 9.45. The van der Waals surface area contributed by atoms with Crippen LogP contribution < -0.4 is 15.4 Å². The summed E-state index contributed by atoms with van der Waals surface area (Å²) in [4.78, 5) is 4.60. The molecule has 0 bridgehead atoms. The SMILES string of the molecule is CCNC(=NCc1ccccc1Oc1ccccc1F)NCC(C)(O)c1cnn(C)c1.I. The van der Waals surface area contributed by atoms with Gasteiger partial charge in [-0.15, -0.1) is 24.0 Å². The van der Waals surface area contributed by atoms with E-state index < -0.39 is 11.4 Å². The minimum atomic E-state index is -1.11. The van der Waals surface area contributed by atoms with Crippen LogP contribution in [0.4, 0.5) is 4.39 Å². The molecule has 0 aliphatic carbocycles. The molecule has 0 spiro atoms. The van der Waals surface area contributed by atoms with Gasteiger partial charge in [0.25, 0.3) is 0 Å². The Balaban J connectivity index is 0.00000363. The molecule has 1 unspecified atom stereocenters. The van der Waals surface area contributed by atoms with E-state index in [1.807, 2.05) is 25.1 Å². The molecule has 0 aliphatic rings. The molecule has 7 nitrogen and oxygen atoms in total. The number of nitrogens with zero attached hydrogens (tertiary/aromatic N) is 3. The van der Waals surface area contributed by atoms with Crippen molar-refractivity contribution in [3.8, 4) is 11.5 Å². The molecule has 3 N–H and O–H groups in total. The van der Waals surface area contributed by atoms with E-state index >= 15 is 0 Å². The van der Waals surface area contributed by atoms with Crippen LogP contribution in [0.15, 0.2) is 65.9 Å². The van der Waals surface area contributed by atoms with Crippen LogP contribution in [0.1, 0.15) is 25.0 Å². The summed E-state index contributed by atoms with van der Waals surface area (Å²) in [6.07, 6.45) is 3.42. The molecule has 9 heteroatoms. The lowest BCUT2D eigenvalue weighted by Gasteiger charge is -2.23. The molecule has 1 atom stereocenters. The van der Waals surface area contributed by atoms with Crippen molar-refractivity contribution in [2.24, 2.45) is 12.0 Å². The number of halogens is 2. The molecular weight excluding hydrogens is 524 g/mol. The Labute approximate surface area is 204 Å². The lowest BCUT2D eigenvalue weighted by molar-refractivity contribution is 0.0616. The Morgan fingerprint density at radius 3 is 2.50 bits per heavy atom. The fourth-order valence-electron chi connectivity index (χ4n) is 2.94. The molecule has 1 aromatic heterocycles. The first-order chi connectivity index (χ1) is 14.9. The first-order valence-corrected chi connectivity index (χ1v) is 10.1. The summed E-state index contributed by atoms with van der Waals surface area (Å²) in [6.45, 7) is 4.91. The van der Waals surface area contributed by atoms with Crippen molar-refractivity contribution >= 4 is 29.9 Å². The third-order valence-electron chi connectivity index (χ3n) is 4.71. The number of aryl methyl sites for hydroxylation is 1. The van der Waals surface area contributed by atoms with Crippen LogP contribution in [0.3, 0.4) is 0 Å². The van der Waals surface area contributed by atoms with Crippen molar-refractivity contribution in [1.82, 2.24) is 20.4 Å². The molecule has 2 aromatic carbocycles. The van der Waals surface area contributed by atoms with Crippen molar-refractivity contribution in [3.05, 3.63) is 77.9 Å². The van der Waals surface area contributed by atoms with Gasteiger partial charge in [-0.2, -0.15) is 5.10 Å². The van der Waals surface area contributed by atoms with E-state index in [4.69, 9.17) is 4.74 Å². The molecule has 32 heavy (non-hydrogen) atoms. The van der Waals surface area contributed by atoms with Gasteiger partial charge in [-0.1, -0.05) is 30.3 Å². The van der Waals surface area contributed by atoms with E-state index in [1.165, 1.54) is 6.07 Å². The highest BCUT2D eigenvalue weighted by Crippen LogP contribution is 2.27. The maximum atomic E-state index is 14.0. The summed E-state index contributed by atoms with van der Waals surface area (Å²) in [6, 6.07) is 13.7. The van der Waals surface area contributed by atoms with Gasteiger partial charge in [0.1, 0.15) is 11.4 Å². The third kappa shape index (κ3) is 6.92. The summed E-state index contributed by atoms with van der Waals surface area (Å²) in [5, 5.41) is 21.2. The standard InChI is InChI=1S/C23H28FN5O2.HI/c1-4-25-22(27-16-23(2,30)18-14-28-29(3)15-18)26-13-17-9-5-7-11-20(17)31-21-12-8-6-10-19(21)24;/h5-12,14-15,30H,4,13,16H2,1-3H3,(H2,25,26,27);1H. The number of rotatable bonds is 8. The topological polar surface area (TPSA) is 83.7 Å². The number of hydrogen-bond donors (Lipinski definition) is 3. The quantitative estimate of drug-likeness (QED) is 0.224. The second-order valence-corrected chi connectivity index (χ2v) is 7.37. The zero-order valence-electron chi connectivity index (χ0n) is 18.4. The van der Waals surface area contributed by atoms with Gasteiger partial charge < -0.3 is 20.5 Å². The highest BCUT2D eigenvalue weighted by atomic mass is 127. The van der Waals surface area contributed by atoms with Crippen LogP contribution in [0.5, 0.6) is 11.5 Å². The highest BCUT2D eigenvalue weighted by Gasteiger charge is 2.25. The highest BCUT2D eigenvalue weighted by molar-refractivity contribution is 14.0. The van der Waals surface area contributed by atoms with Crippen molar-refractivity contribution in [2.45, 2.75) is 26.0 Å². The fraction of sp³-hybridized carbons (Fsp3) is 0.304. The van der Waals surface area contributed by atoms with Gasteiger partial charge in [0, 0.05) is 30.9 Å². The van der Waals surface area contributed by atoms with Crippen LogP contribution in [0, 0.1) is 5.82 Å². The van der Waals surface area contributed by atoms with E-state index in [0.29, 0.717) is 30.4 Å². The second kappa shape index (κ2) is 11.8. The molecule has 1 heterocycles. The van der Waals surface area contributed by atoms with Crippen LogP contribution in [-0.4, -0.2) is 33.9 Å². The summed E-state index contributed by atoms with van der Waals surface area (Å²) in [7, 11) is 1.80. The Hall–Kier alpha value is -2.66. The summed E-state index contributed by atoms with van der Waals surface area (Å²) in [5.41, 5.74) is 0.403.